The number of alkyl halides is 1. The quantitative estimate of drug-likeness (QED) is 0.762. The van der Waals surface area contributed by atoms with Gasteiger partial charge in [0.1, 0.15) is 0 Å². The molecule has 0 spiro atoms. The number of carbonyl (C=O) groups excluding carboxylic acids is 2. The van der Waals surface area contributed by atoms with Gasteiger partial charge in [-0.15, -0.1) is 11.6 Å². The van der Waals surface area contributed by atoms with Crippen molar-refractivity contribution in [3.8, 4) is 0 Å². The standard InChI is InChI=1S/C10H10ClNO2/c11-6-9(13)7-12-10(14)8-4-2-1-3-5-8/h1-5H,6-7H2,(H,12,14). The van der Waals surface area contributed by atoms with Gasteiger partial charge in [0.2, 0.25) is 0 Å². The zero-order valence-electron chi connectivity index (χ0n) is 7.50. The molecule has 1 aromatic carbocycles. The summed E-state index contributed by atoms with van der Waals surface area (Å²) < 4.78 is 0. The predicted molar refractivity (Wildman–Crippen MR) is 54.5 cm³/mol. The Hall–Kier alpha value is -1.35. The second-order valence-corrected chi connectivity index (χ2v) is 2.99. The molecule has 0 radical (unpaired) electrons. The normalized spacial score (nSPS) is 9.50. The molecule has 0 aliphatic rings. The second kappa shape index (κ2) is 5.40. The third-order valence-corrected chi connectivity index (χ3v) is 1.93. The van der Waals surface area contributed by atoms with Gasteiger partial charge < -0.3 is 5.32 Å². The molecule has 74 valence electrons. The third-order valence-electron chi connectivity index (χ3n) is 1.63. The summed E-state index contributed by atoms with van der Waals surface area (Å²) in [6, 6.07) is 8.71. The van der Waals surface area contributed by atoms with Crippen LogP contribution in [0.4, 0.5) is 0 Å². The van der Waals surface area contributed by atoms with Crippen molar-refractivity contribution in [3.63, 3.8) is 0 Å². The molecule has 0 saturated heterocycles. The number of rotatable bonds is 4. The summed E-state index contributed by atoms with van der Waals surface area (Å²) in [5, 5.41) is 2.48. The van der Waals surface area contributed by atoms with Crippen molar-refractivity contribution in [3.05, 3.63) is 35.9 Å². The van der Waals surface area contributed by atoms with Crippen LogP contribution in [0.3, 0.4) is 0 Å². The van der Waals surface area contributed by atoms with E-state index in [1.54, 1.807) is 24.3 Å². The first-order valence-electron chi connectivity index (χ1n) is 4.15. The first-order chi connectivity index (χ1) is 6.74. The van der Waals surface area contributed by atoms with E-state index >= 15 is 0 Å². The minimum absolute atomic E-state index is 0.0166. The fourth-order valence-corrected chi connectivity index (χ4v) is 1.01. The highest BCUT2D eigenvalue weighted by molar-refractivity contribution is 6.28. The van der Waals surface area contributed by atoms with Gasteiger partial charge in [0, 0.05) is 5.56 Å². The zero-order valence-corrected chi connectivity index (χ0v) is 8.25. The van der Waals surface area contributed by atoms with Crippen LogP contribution in [0.1, 0.15) is 10.4 Å². The van der Waals surface area contributed by atoms with Gasteiger partial charge in [0.05, 0.1) is 12.4 Å². The monoisotopic (exact) mass is 211 g/mol. The van der Waals surface area contributed by atoms with Crippen molar-refractivity contribution in [2.45, 2.75) is 0 Å². The molecular weight excluding hydrogens is 202 g/mol. The average molecular weight is 212 g/mol. The van der Waals surface area contributed by atoms with Crippen molar-refractivity contribution >= 4 is 23.3 Å². The molecule has 0 saturated carbocycles. The number of benzene rings is 1. The highest BCUT2D eigenvalue weighted by Crippen LogP contribution is 1.97. The lowest BCUT2D eigenvalue weighted by atomic mass is 10.2. The van der Waals surface area contributed by atoms with E-state index in [9.17, 15) is 9.59 Å². The number of nitrogens with one attached hydrogen (secondary N) is 1. The number of hydrogen-bond donors (Lipinski definition) is 1. The molecule has 4 heteroatoms. The Kier molecular flexibility index (Phi) is 4.13. The number of carbonyl (C=O) groups is 2. The van der Waals surface area contributed by atoms with Crippen molar-refractivity contribution in [1.82, 2.24) is 5.32 Å². The van der Waals surface area contributed by atoms with Crippen LogP contribution in [0.25, 0.3) is 0 Å². The van der Waals surface area contributed by atoms with Crippen LogP contribution in [-0.4, -0.2) is 24.1 Å². The minimum Gasteiger partial charge on any atom is -0.345 e. The van der Waals surface area contributed by atoms with Crippen LogP contribution >= 0.6 is 11.6 Å². The van der Waals surface area contributed by atoms with Crippen molar-refractivity contribution < 1.29 is 9.59 Å². The van der Waals surface area contributed by atoms with Gasteiger partial charge in [-0.2, -0.15) is 0 Å². The summed E-state index contributed by atoms with van der Waals surface area (Å²) >= 11 is 5.28. The minimum atomic E-state index is -0.260. The highest BCUT2D eigenvalue weighted by Gasteiger charge is 2.05. The Morgan fingerprint density at radius 2 is 1.86 bits per heavy atom. The Bertz CT molecular complexity index is 324. The van der Waals surface area contributed by atoms with E-state index in [2.05, 4.69) is 5.32 Å². The fourth-order valence-electron chi connectivity index (χ4n) is 0.918. The maximum Gasteiger partial charge on any atom is 0.251 e. The zero-order chi connectivity index (χ0) is 10.4. The number of ketones is 1. The van der Waals surface area contributed by atoms with Crippen molar-refractivity contribution in [1.29, 1.82) is 0 Å². The summed E-state index contributed by atoms with van der Waals surface area (Å²) in [6.45, 7) is -0.0166. The Morgan fingerprint density at radius 3 is 2.43 bits per heavy atom. The van der Waals surface area contributed by atoms with E-state index < -0.39 is 0 Å². The van der Waals surface area contributed by atoms with Crippen LogP contribution in [0.2, 0.25) is 0 Å². The lowest BCUT2D eigenvalue weighted by Crippen LogP contribution is -2.29. The van der Waals surface area contributed by atoms with Gasteiger partial charge in [-0.25, -0.2) is 0 Å². The highest BCUT2D eigenvalue weighted by atomic mass is 35.5. The molecule has 3 nitrogen and oxygen atoms in total. The van der Waals surface area contributed by atoms with E-state index in [1.165, 1.54) is 0 Å². The first-order valence-corrected chi connectivity index (χ1v) is 4.68. The summed E-state index contributed by atoms with van der Waals surface area (Å²) in [5.41, 5.74) is 0.537. The molecule has 1 aromatic rings. The van der Waals surface area contributed by atoms with E-state index in [0.717, 1.165) is 0 Å². The maximum absolute atomic E-state index is 11.4. The van der Waals surface area contributed by atoms with Gasteiger partial charge in [-0.05, 0) is 12.1 Å². The molecular formula is C10H10ClNO2. The number of amides is 1. The lowest BCUT2D eigenvalue weighted by molar-refractivity contribution is -0.115. The van der Waals surface area contributed by atoms with Crippen LogP contribution in [-0.2, 0) is 4.79 Å². The second-order valence-electron chi connectivity index (χ2n) is 2.72. The third kappa shape index (κ3) is 3.18. The molecule has 1 N–H and O–H groups in total. The SMILES string of the molecule is O=C(CCl)CNC(=O)c1ccccc1. The van der Waals surface area contributed by atoms with Gasteiger partial charge in [0.25, 0.3) is 5.91 Å². The molecule has 0 unspecified atom stereocenters. The Balaban J connectivity index is 2.48. The van der Waals surface area contributed by atoms with E-state index in [-0.39, 0.29) is 24.1 Å². The fraction of sp³-hybridized carbons (Fsp3) is 0.200. The van der Waals surface area contributed by atoms with Crippen LogP contribution in [0.15, 0.2) is 30.3 Å². The maximum atomic E-state index is 11.4. The van der Waals surface area contributed by atoms with Crippen LogP contribution in [0, 0.1) is 0 Å². The number of halogens is 1. The molecule has 14 heavy (non-hydrogen) atoms. The molecule has 0 bridgehead atoms. The smallest absolute Gasteiger partial charge is 0.251 e. The van der Waals surface area contributed by atoms with Crippen LogP contribution < -0.4 is 5.32 Å². The summed E-state index contributed by atoms with van der Waals surface area (Å²) in [7, 11) is 0. The Morgan fingerprint density at radius 1 is 1.21 bits per heavy atom. The van der Waals surface area contributed by atoms with Crippen molar-refractivity contribution in [2.24, 2.45) is 0 Å². The summed E-state index contributed by atoms with van der Waals surface area (Å²) in [6.07, 6.45) is 0. The molecule has 0 fully saturated rings. The van der Waals surface area contributed by atoms with E-state index in [0.29, 0.717) is 5.56 Å². The van der Waals surface area contributed by atoms with Gasteiger partial charge in [-0.3, -0.25) is 9.59 Å². The molecule has 0 aliphatic heterocycles. The molecule has 1 amide bonds. The Labute approximate surface area is 87.1 Å². The lowest BCUT2D eigenvalue weighted by Gasteiger charge is -2.02. The van der Waals surface area contributed by atoms with E-state index in [1.807, 2.05) is 6.07 Å². The number of Topliss-reactive ketones (excluding diaryl/α,β-unsaturated/α-hetero) is 1. The molecule has 0 heterocycles. The van der Waals surface area contributed by atoms with Gasteiger partial charge >= 0.3 is 0 Å². The number of hydrogen-bond acceptors (Lipinski definition) is 2. The summed E-state index contributed by atoms with van der Waals surface area (Å²) in [5.74, 6) is -0.533. The molecule has 0 aromatic heterocycles. The van der Waals surface area contributed by atoms with Crippen LogP contribution in [0.5, 0.6) is 0 Å². The average Bonchev–Trinajstić information content (AvgIpc) is 2.26. The topological polar surface area (TPSA) is 46.2 Å². The largest absolute Gasteiger partial charge is 0.345 e. The summed E-state index contributed by atoms with van der Waals surface area (Å²) in [4.78, 5) is 22.2. The van der Waals surface area contributed by atoms with Crippen molar-refractivity contribution in [2.75, 3.05) is 12.4 Å². The predicted octanol–water partition coefficient (Wildman–Crippen LogP) is 1.22. The molecule has 1 rings (SSSR count). The molecule has 0 atom stereocenters. The van der Waals surface area contributed by atoms with Gasteiger partial charge in [0.15, 0.2) is 5.78 Å². The first kappa shape index (κ1) is 10.7. The van der Waals surface area contributed by atoms with Gasteiger partial charge in [-0.1, -0.05) is 18.2 Å². The van der Waals surface area contributed by atoms with E-state index in [4.69, 9.17) is 11.6 Å². The molecule has 0 aliphatic carbocycles.